The van der Waals surface area contributed by atoms with E-state index in [9.17, 15) is 4.79 Å². The van der Waals surface area contributed by atoms with E-state index in [1.807, 2.05) is 54.6 Å². The Morgan fingerprint density at radius 1 is 1.14 bits per heavy atom. The van der Waals surface area contributed by atoms with Gasteiger partial charge in [-0.1, -0.05) is 42.5 Å². The highest BCUT2D eigenvalue weighted by atomic mass is 35.5. The largest absolute Gasteiger partial charge is 0.444 e. The maximum absolute atomic E-state index is 11.7. The molecule has 1 fully saturated rings. The third-order valence-electron chi connectivity index (χ3n) is 3.64. The van der Waals surface area contributed by atoms with E-state index in [0.717, 1.165) is 17.7 Å². The van der Waals surface area contributed by atoms with E-state index in [0.29, 0.717) is 12.0 Å². The molecule has 0 aromatic heterocycles. The molecular weight excluding hydrogens is 300 g/mol. The van der Waals surface area contributed by atoms with Gasteiger partial charge in [0.05, 0.1) is 0 Å². The fourth-order valence-electron chi connectivity index (χ4n) is 2.29. The standard InChI is InChI=1S/C17H18N2O2.ClH/c18-16-10-15(16)13-6-8-14(9-7-13)19-17(20)21-11-12-4-2-1-3-5-12;/h1-9,15-16H,10-11,18H2,(H,19,20);1H. The normalized spacial score (nSPS) is 19.0. The fraction of sp³-hybridized carbons (Fsp3) is 0.235. The van der Waals surface area contributed by atoms with Gasteiger partial charge < -0.3 is 10.5 Å². The summed E-state index contributed by atoms with van der Waals surface area (Å²) < 4.78 is 5.17. The minimum Gasteiger partial charge on any atom is -0.444 e. The van der Waals surface area contributed by atoms with Crippen LogP contribution in [0, 0.1) is 0 Å². The molecule has 4 nitrogen and oxygen atoms in total. The molecule has 2 aromatic rings. The first-order chi connectivity index (χ1) is 10.2. The minimum absolute atomic E-state index is 0. The summed E-state index contributed by atoms with van der Waals surface area (Å²) in [6.45, 7) is 0.266. The van der Waals surface area contributed by atoms with Gasteiger partial charge in [-0.2, -0.15) is 0 Å². The second kappa shape index (κ2) is 7.29. The molecule has 22 heavy (non-hydrogen) atoms. The van der Waals surface area contributed by atoms with Gasteiger partial charge in [0.1, 0.15) is 6.61 Å². The van der Waals surface area contributed by atoms with Crippen LogP contribution in [-0.2, 0) is 11.3 Å². The van der Waals surface area contributed by atoms with Crippen LogP contribution in [0.4, 0.5) is 10.5 Å². The van der Waals surface area contributed by atoms with Gasteiger partial charge in [0.2, 0.25) is 0 Å². The van der Waals surface area contributed by atoms with Gasteiger partial charge in [-0.15, -0.1) is 12.4 Å². The van der Waals surface area contributed by atoms with Crippen molar-refractivity contribution >= 4 is 24.2 Å². The van der Waals surface area contributed by atoms with Crippen LogP contribution in [-0.4, -0.2) is 12.1 Å². The summed E-state index contributed by atoms with van der Waals surface area (Å²) >= 11 is 0. The molecule has 3 rings (SSSR count). The first-order valence-corrected chi connectivity index (χ1v) is 7.05. The molecule has 0 aliphatic heterocycles. The smallest absolute Gasteiger partial charge is 0.411 e. The second-order valence-electron chi connectivity index (χ2n) is 5.31. The number of nitrogens with one attached hydrogen (secondary N) is 1. The fourth-order valence-corrected chi connectivity index (χ4v) is 2.29. The molecule has 0 heterocycles. The van der Waals surface area contributed by atoms with E-state index in [2.05, 4.69) is 5.32 Å². The second-order valence-corrected chi connectivity index (χ2v) is 5.31. The first kappa shape index (κ1) is 16.3. The van der Waals surface area contributed by atoms with Crippen LogP contribution < -0.4 is 11.1 Å². The minimum atomic E-state index is -0.449. The lowest BCUT2D eigenvalue weighted by atomic mass is 10.1. The van der Waals surface area contributed by atoms with Crippen molar-refractivity contribution in [3.63, 3.8) is 0 Å². The number of halogens is 1. The van der Waals surface area contributed by atoms with Crippen LogP contribution in [0.2, 0.25) is 0 Å². The molecule has 1 saturated carbocycles. The maximum Gasteiger partial charge on any atom is 0.411 e. The molecule has 1 aliphatic rings. The van der Waals surface area contributed by atoms with E-state index >= 15 is 0 Å². The molecule has 3 N–H and O–H groups in total. The van der Waals surface area contributed by atoms with Crippen molar-refractivity contribution in [1.29, 1.82) is 0 Å². The van der Waals surface area contributed by atoms with Crippen LogP contribution >= 0.6 is 12.4 Å². The van der Waals surface area contributed by atoms with E-state index in [4.69, 9.17) is 10.5 Å². The van der Waals surface area contributed by atoms with E-state index in [-0.39, 0.29) is 19.0 Å². The third-order valence-corrected chi connectivity index (χ3v) is 3.64. The van der Waals surface area contributed by atoms with Gasteiger partial charge in [0.25, 0.3) is 0 Å². The molecule has 2 unspecified atom stereocenters. The Morgan fingerprint density at radius 3 is 2.36 bits per heavy atom. The molecule has 0 radical (unpaired) electrons. The zero-order valence-corrected chi connectivity index (χ0v) is 12.9. The number of anilines is 1. The van der Waals surface area contributed by atoms with Gasteiger partial charge in [-0.05, 0) is 29.7 Å². The number of carbonyl (C=O) groups excluding carboxylic acids is 1. The summed E-state index contributed by atoms with van der Waals surface area (Å²) in [6.07, 6.45) is 0.598. The molecule has 2 aromatic carbocycles. The number of hydrogen-bond donors (Lipinski definition) is 2. The van der Waals surface area contributed by atoms with Gasteiger partial charge in [-0.25, -0.2) is 4.79 Å². The number of ether oxygens (including phenoxy) is 1. The number of hydrogen-bond acceptors (Lipinski definition) is 3. The average Bonchev–Trinajstić information content (AvgIpc) is 3.24. The number of carbonyl (C=O) groups is 1. The van der Waals surface area contributed by atoms with Crippen LogP contribution in [0.1, 0.15) is 23.5 Å². The molecule has 5 heteroatoms. The Balaban J connectivity index is 0.00000176. The number of amides is 1. The molecule has 1 amide bonds. The average molecular weight is 319 g/mol. The van der Waals surface area contributed by atoms with Crippen LogP contribution in [0.15, 0.2) is 54.6 Å². The van der Waals surface area contributed by atoms with Crippen LogP contribution in [0.3, 0.4) is 0 Å². The summed E-state index contributed by atoms with van der Waals surface area (Å²) in [5, 5.41) is 2.72. The summed E-state index contributed by atoms with van der Waals surface area (Å²) in [4.78, 5) is 11.7. The molecule has 0 saturated heterocycles. The third kappa shape index (κ3) is 4.23. The summed E-state index contributed by atoms with van der Waals surface area (Å²) in [5.74, 6) is 0.476. The highest BCUT2D eigenvalue weighted by Gasteiger charge is 2.34. The van der Waals surface area contributed by atoms with E-state index < -0.39 is 6.09 Å². The highest BCUT2D eigenvalue weighted by molar-refractivity contribution is 5.85. The van der Waals surface area contributed by atoms with Gasteiger partial charge in [0, 0.05) is 17.6 Å². The Bertz CT molecular complexity index is 616. The lowest BCUT2D eigenvalue weighted by Crippen LogP contribution is -2.13. The Morgan fingerprint density at radius 2 is 1.77 bits per heavy atom. The molecule has 116 valence electrons. The zero-order valence-electron chi connectivity index (χ0n) is 12.1. The Hall–Kier alpha value is -2.04. The monoisotopic (exact) mass is 318 g/mol. The molecule has 1 aliphatic carbocycles. The van der Waals surface area contributed by atoms with Crippen molar-refractivity contribution < 1.29 is 9.53 Å². The van der Waals surface area contributed by atoms with Crippen molar-refractivity contribution in [3.05, 3.63) is 65.7 Å². The molecular formula is C17H19ClN2O2. The van der Waals surface area contributed by atoms with Crippen LogP contribution in [0.5, 0.6) is 0 Å². The van der Waals surface area contributed by atoms with Gasteiger partial charge in [0.15, 0.2) is 0 Å². The molecule has 0 spiro atoms. The summed E-state index contributed by atoms with van der Waals surface area (Å²) in [5.41, 5.74) is 8.74. The first-order valence-electron chi connectivity index (χ1n) is 7.05. The van der Waals surface area contributed by atoms with Gasteiger partial charge in [-0.3, -0.25) is 5.32 Å². The number of benzene rings is 2. The lowest BCUT2D eigenvalue weighted by Gasteiger charge is -2.08. The van der Waals surface area contributed by atoms with Crippen molar-refractivity contribution in [2.75, 3.05) is 5.32 Å². The summed E-state index contributed by atoms with van der Waals surface area (Å²) in [6, 6.07) is 17.7. The van der Waals surface area contributed by atoms with Crippen molar-refractivity contribution in [2.45, 2.75) is 25.0 Å². The quantitative estimate of drug-likeness (QED) is 0.904. The zero-order chi connectivity index (χ0) is 14.7. The van der Waals surface area contributed by atoms with Crippen molar-refractivity contribution in [2.24, 2.45) is 5.73 Å². The SMILES string of the molecule is Cl.NC1CC1c1ccc(NC(=O)OCc2ccccc2)cc1. The topological polar surface area (TPSA) is 64.3 Å². The van der Waals surface area contributed by atoms with E-state index in [1.54, 1.807) is 0 Å². The van der Waals surface area contributed by atoms with E-state index in [1.165, 1.54) is 5.56 Å². The van der Waals surface area contributed by atoms with Crippen LogP contribution in [0.25, 0.3) is 0 Å². The summed E-state index contributed by atoms with van der Waals surface area (Å²) in [7, 11) is 0. The predicted molar refractivity (Wildman–Crippen MR) is 89.3 cm³/mol. The van der Waals surface area contributed by atoms with Crippen molar-refractivity contribution in [3.8, 4) is 0 Å². The number of rotatable bonds is 4. The van der Waals surface area contributed by atoms with Crippen molar-refractivity contribution in [1.82, 2.24) is 0 Å². The Labute approximate surface area is 136 Å². The number of nitrogens with two attached hydrogens (primary N) is 1. The van der Waals surface area contributed by atoms with Gasteiger partial charge >= 0.3 is 6.09 Å². The lowest BCUT2D eigenvalue weighted by molar-refractivity contribution is 0.155. The Kier molecular flexibility index (Phi) is 5.41. The highest BCUT2D eigenvalue weighted by Crippen LogP contribution is 2.39. The maximum atomic E-state index is 11.7. The predicted octanol–water partition coefficient (Wildman–Crippen LogP) is 3.67. The molecule has 0 bridgehead atoms. The molecule has 2 atom stereocenters.